The zero-order valence-electron chi connectivity index (χ0n) is 13.7. The van der Waals surface area contributed by atoms with E-state index in [1.165, 1.54) is 11.8 Å². The number of hydrogen-bond acceptors (Lipinski definition) is 7. The van der Waals surface area contributed by atoms with Crippen molar-refractivity contribution in [1.82, 2.24) is 20.1 Å². The largest absolute Gasteiger partial charge is 0.455 e. The number of amides is 1. The number of hydrogen-bond donors (Lipinski definition) is 1. The fourth-order valence-corrected chi connectivity index (χ4v) is 3.41. The van der Waals surface area contributed by atoms with E-state index in [1.54, 1.807) is 11.3 Å². The van der Waals surface area contributed by atoms with Crippen LogP contribution in [0.25, 0.3) is 10.7 Å². The van der Waals surface area contributed by atoms with Crippen molar-refractivity contribution in [2.45, 2.75) is 32.0 Å². The third-order valence-corrected chi connectivity index (χ3v) is 4.84. The molecular weight excluding hydrogens is 348 g/mol. The molecule has 2 aromatic heterocycles. The summed E-state index contributed by atoms with van der Waals surface area (Å²) in [6.45, 7) is 4.99. The number of rotatable bonds is 9. The maximum atomic E-state index is 11.8. The Bertz CT molecular complexity index is 670. The van der Waals surface area contributed by atoms with Crippen LogP contribution in [-0.2, 0) is 20.9 Å². The van der Waals surface area contributed by atoms with Gasteiger partial charge in [0, 0.05) is 13.1 Å². The summed E-state index contributed by atoms with van der Waals surface area (Å²) in [6.07, 6.45) is 0.842. The van der Waals surface area contributed by atoms with E-state index in [0.717, 1.165) is 17.1 Å². The average Bonchev–Trinajstić information content (AvgIpc) is 3.24. The van der Waals surface area contributed by atoms with Gasteiger partial charge in [-0.2, -0.15) is 0 Å². The van der Waals surface area contributed by atoms with Gasteiger partial charge in [0.2, 0.25) is 0 Å². The van der Waals surface area contributed by atoms with Gasteiger partial charge >= 0.3 is 5.97 Å². The number of nitrogens with zero attached hydrogens (tertiary/aromatic N) is 3. The Morgan fingerprint density at radius 1 is 1.38 bits per heavy atom. The number of aromatic nitrogens is 3. The Labute approximate surface area is 148 Å². The van der Waals surface area contributed by atoms with Gasteiger partial charge in [0.1, 0.15) is 0 Å². The van der Waals surface area contributed by atoms with Crippen molar-refractivity contribution >= 4 is 35.0 Å². The summed E-state index contributed by atoms with van der Waals surface area (Å²) in [5.41, 5.74) is 0. The van der Waals surface area contributed by atoms with E-state index in [4.69, 9.17) is 4.74 Å². The lowest BCUT2D eigenvalue weighted by Gasteiger charge is -2.07. The summed E-state index contributed by atoms with van der Waals surface area (Å²) in [4.78, 5) is 24.2. The van der Waals surface area contributed by atoms with Crippen LogP contribution in [0.5, 0.6) is 0 Å². The summed E-state index contributed by atoms with van der Waals surface area (Å²) in [5.74, 6) is 0.146. The molecular formula is C15H20N4O3S2. The van der Waals surface area contributed by atoms with Gasteiger partial charge in [-0.05, 0) is 24.8 Å². The van der Waals surface area contributed by atoms with Crippen LogP contribution in [0.1, 0.15) is 20.3 Å². The highest BCUT2D eigenvalue weighted by Crippen LogP contribution is 2.27. The van der Waals surface area contributed by atoms with Gasteiger partial charge in [0.15, 0.2) is 17.6 Å². The Balaban J connectivity index is 1.86. The number of carbonyl (C=O) groups excluding carboxylic acids is 2. The average molecular weight is 368 g/mol. The fraction of sp³-hybridized carbons (Fsp3) is 0.467. The number of thiophene rings is 1. The molecule has 0 unspecified atom stereocenters. The molecule has 1 amide bonds. The first-order valence-corrected chi connectivity index (χ1v) is 9.54. The van der Waals surface area contributed by atoms with Crippen molar-refractivity contribution in [1.29, 1.82) is 0 Å². The van der Waals surface area contributed by atoms with E-state index in [1.807, 2.05) is 35.9 Å². The maximum Gasteiger partial charge on any atom is 0.316 e. The predicted octanol–water partition coefficient (Wildman–Crippen LogP) is 2.19. The van der Waals surface area contributed by atoms with Crippen molar-refractivity contribution in [3.8, 4) is 10.7 Å². The molecule has 0 aliphatic carbocycles. The minimum absolute atomic E-state index is 0.0869. The van der Waals surface area contributed by atoms with Crippen LogP contribution in [0.3, 0.4) is 0 Å². The first kappa shape index (κ1) is 18.5. The third-order valence-electron chi connectivity index (χ3n) is 3.03. The molecule has 0 aromatic carbocycles. The van der Waals surface area contributed by atoms with Crippen LogP contribution < -0.4 is 5.32 Å². The number of ether oxygens (including phenoxy) is 1. The lowest BCUT2D eigenvalue weighted by Crippen LogP contribution is -2.29. The predicted molar refractivity (Wildman–Crippen MR) is 94.0 cm³/mol. The number of carbonyl (C=O) groups is 2. The second kappa shape index (κ2) is 9.43. The van der Waals surface area contributed by atoms with Crippen molar-refractivity contribution in [3.63, 3.8) is 0 Å². The summed E-state index contributed by atoms with van der Waals surface area (Å²) < 4.78 is 6.90. The van der Waals surface area contributed by atoms with Crippen LogP contribution in [0.2, 0.25) is 0 Å². The molecule has 0 radical (unpaired) electrons. The van der Waals surface area contributed by atoms with E-state index < -0.39 is 5.97 Å². The van der Waals surface area contributed by atoms with Gasteiger partial charge in [0.25, 0.3) is 5.91 Å². The van der Waals surface area contributed by atoms with Crippen molar-refractivity contribution in [2.24, 2.45) is 0 Å². The topological polar surface area (TPSA) is 86.1 Å². The highest BCUT2D eigenvalue weighted by atomic mass is 32.2. The monoisotopic (exact) mass is 368 g/mol. The van der Waals surface area contributed by atoms with E-state index >= 15 is 0 Å². The molecule has 2 aromatic rings. The molecule has 1 N–H and O–H groups in total. The molecule has 2 rings (SSSR count). The van der Waals surface area contributed by atoms with Crippen LogP contribution in [0.4, 0.5) is 0 Å². The zero-order chi connectivity index (χ0) is 17.4. The zero-order valence-corrected chi connectivity index (χ0v) is 15.3. The summed E-state index contributed by atoms with van der Waals surface area (Å²) >= 11 is 2.85. The van der Waals surface area contributed by atoms with Gasteiger partial charge in [0.05, 0.1) is 10.6 Å². The molecule has 0 aliphatic heterocycles. The lowest BCUT2D eigenvalue weighted by molar-refractivity contribution is -0.145. The van der Waals surface area contributed by atoms with Gasteiger partial charge in [-0.15, -0.1) is 21.5 Å². The lowest BCUT2D eigenvalue weighted by atomic mass is 10.4. The van der Waals surface area contributed by atoms with E-state index in [-0.39, 0.29) is 18.3 Å². The quantitative estimate of drug-likeness (QED) is 0.539. The van der Waals surface area contributed by atoms with Crippen LogP contribution in [-0.4, -0.2) is 45.5 Å². The molecule has 0 spiro atoms. The highest BCUT2D eigenvalue weighted by Gasteiger charge is 2.16. The van der Waals surface area contributed by atoms with Crippen LogP contribution in [0, 0.1) is 0 Å². The summed E-state index contributed by atoms with van der Waals surface area (Å²) in [6, 6.07) is 3.95. The van der Waals surface area contributed by atoms with Crippen LogP contribution in [0.15, 0.2) is 22.7 Å². The fourth-order valence-electron chi connectivity index (χ4n) is 1.90. The number of nitrogens with one attached hydrogen (secondary N) is 1. The first-order valence-electron chi connectivity index (χ1n) is 7.67. The molecule has 0 saturated heterocycles. The normalized spacial score (nSPS) is 10.6. The number of thioether (sulfide) groups is 1. The minimum Gasteiger partial charge on any atom is -0.455 e. The second-order valence-electron chi connectivity index (χ2n) is 4.83. The number of esters is 1. The van der Waals surface area contributed by atoms with Crippen molar-refractivity contribution < 1.29 is 14.3 Å². The summed E-state index contributed by atoms with van der Waals surface area (Å²) in [7, 11) is 0. The van der Waals surface area contributed by atoms with E-state index in [9.17, 15) is 9.59 Å². The molecule has 0 atom stereocenters. The smallest absolute Gasteiger partial charge is 0.316 e. The molecule has 0 saturated carbocycles. The minimum atomic E-state index is -0.449. The Morgan fingerprint density at radius 2 is 2.21 bits per heavy atom. The van der Waals surface area contributed by atoms with Gasteiger partial charge in [-0.3, -0.25) is 9.59 Å². The molecule has 7 nitrogen and oxygen atoms in total. The van der Waals surface area contributed by atoms with Gasteiger partial charge < -0.3 is 14.6 Å². The van der Waals surface area contributed by atoms with Crippen LogP contribution >= 0.6 is 23.1 Å². The first-order chi connectivity index (χ1) is 11.7. The molecule has 9 heteroatoms. The highest BCUT2D eigenvalue weighted by molar-refractivity contribution is 7.99. The molecule has 24 heavy (non-hydrogen) atoms. The SMILES string of the molecule is CCCNC(=O)COC(=O)CSc1nnc(-c2cccs2)n1CC. The standard InChI is InChI=1S/C15H20N4O3S2/c1-3-7-16-12(20)9-22-13(21)10-24-15-18-17-14(19(15)4-2)11-6-5-8-23-11/h5-6,8H,3-4,7,9-10H2,1-2H3,(H,16,20). The van der Waals surface area contributed by atoms with E-state index in [2.05, 4.69) is 15.5 Å². The van der Waals surface area contributed by atoms with Gasteiger partial charge in [-0.25, -0.2) is 0 Å². The molecule has 0 fully saturated rings. The Kier molecular flexibility index (Phi) is 7.26. The Morgan fingerprint density at radius 3 is 2.88 bits per heavy atom. The van der Waals surface area contributed by atoms with E-state index in [0.29, 0.717) is 18.2 Å². The summed E-state index contributed by atoms with van der Waals surface area (Å²) in [5, 5.41) is 13.6. The molecule has 130 valence electrons. The molecule has 0 aliphatic rings. The third kappa shape index (κ3) is 5.07. The molecule has 0 bridgehead atoms. The van der Waals surface area contributed by atoms with Crippen molar-refractivity contribution in [2.75, 3.05) is 18.9 Å². The molecule has 2 heterocycles. The maximum absolute atomic E-state index is 11.8. The van der Waals surface area contributed by atoms with Gasteiger partial charge in [-0.1, -0.05) is 24.8 Å². The second-order valence-corrected chi connectivity index (χ2v) is 6.72. The van der Waals surface area contributed by atoms with Crippen molar-refractivity contribution in [3.05, 3.63) is 17.5 Å². The Hall–Kier alpha value is -1.87.